The third kappa shape index (κ3) is 44.2. The number of benzene rings is 5. The topological polar surface area (TPSA) is 125 Å². The highest BCUT2D eigenvalue weighted by Gasteiger charge is 2.24. The van der Waals surface area contributed by atoms with Crippen LogP contribution in [0.3, 0.4) is 0 Å². The third-order valence-electron chi connectivity index (χ3n) is 25.4. The lowest BCUT2D eigenvalue weighted by molar-refractivity contribution is 0.258. The summed E-state index contributed by atoms with van der Waals surface area (Å²) in [6.07, 6.45) is 78.7. The second-order valence-electron chi connectivity index (χ2n) is 36.9. The molecule has 0 aliphatic carbocycles. The van der Waals surface area contributed by atoms with Gasteiger partial charge in [-0.1, -0.05) is 415 Å². The van der Waals surface area contributed by atoms with Gasteiger partial charge in [0, 0.05) is 22.3 Å². The van der Waals surface area contributed by atoms with Crippen molar-refractivity contribution in [1.29, 1.82) is 0 Å². The molecule has 0 fully saturated rings. The van der Waals surface area contributed by atoms with Crippen LogP contribution in [0.2, 0.25) is 0 Å². The van der Waals surface area contributed by atoms with E-state index in [1.807, 2.05) is 0 Å². The number of aromatic nitrogens is 4. The monoisotopic (exact) mass is 1740 g/mol. The molecule has 0 amide bonds. The van der Waals surface area contributed by atoms with E-state index >= 15 is 0 Å². The minimum atomic E-state index is 0.602. The number of unbranched alkanes of at least 4 members (excludes halogenated alkanes) is 56. The Hall–Kier alpha value is -6.82. The van der Waals surface area contributed by atoms with Crippen LogP contribution in [-0.4, -0.2) is 72.8 Å². The fourth-order valence-corrected chi connectivity index (χ4v) is 17.3. The van der Waals surface area contributed by atoms with E-state index in [2.05, 4.69) is 140 Å². The number of nitrogens with zero attached hydrogens (tertiary/aromatic N) is 4. The van der Waals surface area contributed by atoms with E-state index in [0.717, 1.165) is 194 Å². The third-order valence-corrected chi connectivity index (χ3v) is 25.4. The zero-order valence-electron chi connectivity index (χ0n) is 82.0. The summed E-state index contributed by atoms with van der Waals surface area (Å²) in [4.78, 5) is 23.3. The standard InChI is InChI=1S/C114H182N4O8/c1-9-17-25-33-41-49-57-65-81-119-103-77-73-95(89-107(103)123-85-69-61-53-45-37-29-21-13-5)111-112(96-74-78-104(120-82-66-58-50-42-34-26-18-10-2)108(90-96)124-86-70-62-54-46-38-30-22-14-6)116-100-94-102-101(93-99(100)115-111)117-113(97-75-79-105(121-83-67-59-51-43-35-27-19-11-3)109(91-97)125-87-71-63-55-47-39-31-23-15-7)114(118-102)98-76-80-106(122-84-68-60-52-44-36-28-20-12-4)110(92-98)126-88-72-64-56-48-40-32-24-16-8/h73-80,89-94H,9-72,81-88H2,1-8H3. The summed E-state index contributed by atoms with van der Waals surface area (Å²) in [6, 6.07) is 30.0. The molecule has 7 rings (SSSR count). The molecule has 2 heterocycles. The maximum absolute atomic E-state index is 6.94. The minimum Gasteiger partial charge on any atom is -0.490 e. The summed E-state index contributed by atoms with van der Waals surface area (Å²) in [5.41, 5.74) is 9.27. The maximum Gasteiger partial charge on any atom is 0.161 e. The molecule has 12 heteroatoms. The first-order chi connectivity index (χ1) is 62.4. The van der Waals surface area contributed by atoms with Gasteiger partial charge in [-0.25, -0.2) is 19.9 Å². The van der Waals surface area contributed by atoms with Gasteiger partial charge in [0.05, 0.1) is 97.7 Å². The first kappa shape index (κ1) is 106. The predicted molar refractivity (Wildman–Crippen MR) is 539 cm³/mol. The number of rotatable bonds is 84. The molecule has 0 spiro atoms. The van der Waals surface area contributed by atoms with Crippen LogP contribution in [0.1, 0.15) is 466 Å². The van der Waals surface area contributed by atoms with Crippen molar-refractivity contribution in [2.75, 3.05) is 52.9 Å². The van der Waals surface area contributed by atoms with E-state index < -0.39 is 0 Å². The molecule has 2 aromatic heterocycles. The SMILES string of the molecule is CCCCCCCCCCOc1ccc(-c2nc3cc4nc(-c5ccc(OCCCCCCCCCC)c(OCCCCCCCCCC)c5)c(-c5ccc(OCCCCCCCCCC)c(OCCCCCCCCCC)c5)nc4cc3nc2-c2ccc(OCCCCCCCCCC)c(OCCCCCCCCCC)c2)cc1OCCCCCCCCCC. The van der Waals surface area contributed by atoms with Crippen LogP contribution in [0.15, 0.2) is 84.9 Å². The molecular weight excluding hydrogens is 1550 g/mol. The van der Waals surface area contributed by atoms with E-state index in [4.69, 9.17) is 57.8 Å². The Morgan fingerprint density at radius 2 is 0.270 bits per heavy atom. The molecule has 0 radical (unpaired) electrons. The summed E-state index contributed by atoms with van der Waals surface area (Å²) < 4.78 is 54.9. The van der Waals surface area contributed by atoms with Gasteiger partial charge in [-0.15, -0.1) is 0 Å². The molecule has 0 aliphatic heterocycles. The molecule has 0 N–H and O–H groups in total. The van der Waals surface area contributed by atoms with Gasteiger partial charge in [-0.05, 0) is 136 Å². The van der Waals surface area contributed by atoms with E-state index in [-0.39, 0.29) is 0 Å². The van der Waals surface area contributed by atoms with Crippen molar-refractivity contribution in [1.82, 2.24) is 19.9 Å². The van der Waals surface area contributed by atoms with Crippen molar-refractivity contribution >= 4 is 22.1 Å². The Labute approximate surface area is 770 Å². The summed E-state index contributed by atoms with van der Waals surface area (Å²) in [7, 11) is 0. The maximum atomic E-state index is 6.94. The highest BCUT2D eigenvalue weighted by molar-refractivity contribution is 5.97. The quantitative estimate of drug-likeness (QED) is 0.0266. The van der Waals surface area contributed by atoms with Crippen LogP contribution >= 0.6 is 0 Å². The molecule has 0 unspecified atom stereocenters. The van der Waals surface area contributed by atoms with Gasteiger partial charge in [0.25, 0.3) is 0 Å². The second kappa shape index (κ2) is 71.0. The lowest BCUT2D eigenvalue weighted by Crippen LogP contribution is -2.05. The average molecular weight is 1740 g/mol. The van der Waals surface area contributed by atoms with Gasteiger partial charge >= 0.3 is 0 Å². The molecule has 5 aromatic carbocycles. The molecule has 7 aromatic rings. The smallest absolute Gasteiger partial charge is 0.161 e. The fraction of sp³-hybridized carbons (Fsp3) is 0.702. The first-order valence-corrected chi connectivity index (χ1v) is 53.5. The molecule has 0 aliphatic rings. The van der Waals surface area contributed by atoms with Crippen LogP contribution in [0.4, 0.5) is 0 Å². The molecule has 0 atom stereocenters. The zero-order chi connectivity index (χ0) is 88.8. The Kier molecular flexibility index (Phi) is 59.9. The van der Waals surface area contributed by atoms with Gasteiger partial charge in [0.2, 0.25) is 0 Å². The summed E-state index contributed by atoms with van der Waals surface area (Å²) in [6.45, 7) is 23.3. The molecule has 126 heavy (non-hydrogen) atoms. The van der Waals surface area contributed by atoms with Gasteiger partial charge in [-0.3, -0.25) is 0 Å². The lowest BCUT2D eigenvalue weighted by atomic mass is 10.0. The van der Waals surface area contributed by atoms with Crippen LogP contribution in [0.25, 0.3) is 67.1 Å². The van der Waals surface area contributed by atoms with Crippen LogP contribution in [0, 0.1) is 0 Å². The average Bonchev–Trinajstić information content (AvgIpc) is 0.747. The molecule has 12 nitrogen and oxygen atoms in total. The predicted octanol–water partition coefficient (Wildman–Crippen LogP) is 36.4. The zero-order valence-corrected chi connectivity index (χ0v) is 82.0. The fourth-order valence-electron chi connectivity index (χ4n) is 17.3. The van der Waals surface area contributed by atoms with Gasteiger partial charge in [-0.2, -0.15) is 0 Å². The number of hydrogen-bond acceptors (Lipinski definition) is 12. The van der Waals surface area contributed by atoms with E-state index in [0.29, 0.717) is 74.9 Å². The Morgan fingerprint density at radius 3 is 0.413 bits per heavy atom. The molecular formula is C114H182N4O8. The van der Waals surface area contributed by atoms with Crippen LogP contribution < -0.4 is 37.9 Å². The van der Waals surface area contributed by atoms with Crippen LogP contribution in [0.5, 0.6) is 46.0 Å². The van der Waals surface area contributed by atoms with E-state index in [1.165, 1.54) is 308 Å². The van der Waals surface area contributed by atoms with Gasteiger partial charge in [0.1, 0.15) is 0 Å². The highest BCUT2D eigenvalue weighted by Crippen LogP contribution is 2.44. The van der Waals surface area contributed by atoms with Crippen molar-refractivity contribution in [3.63, 3.8) is 0 Å². The largest absolute Gasteiger partial charge is 0.490 e. The van der Waals surface area contributed by atoms with Crippen molar-refractivity contribution in [2.24, 2.45) is 0 Å². The molecule has 0 bridgehead atoms. The highest BCUT2D eigenvalue weighted by atomic mass is 16.5. The first-order valence-electron chi connectivity index (χ1n) is 53.5. The molecule has 0 saturated heterocycles. The Morgan fingerprint density at radius 1 is 0.143 bits per heavy atom. The summed E-state index contributed by atoms with van der Waals surface area (Å²) >= 11 is 0. The Balaban J connectivity index is 1.40. The number of ether oxygens (including phenoxy) is 8. The Bertz CT molecular complexity index is 3370. The van der Waals surface area contributed by atoms with Gasteiger partial charge in [0.15, 0.2) is 46.0 Å². The summed E-state index contributed by atoms with van der Waals surface area (Å²) in [5.74, 6) is 6.01. The lowest BCUT2D eigenvalue weighted by Gasteiger charge is -2.18. The number of fused-ring (bicyclic) bond motifs is 2. The molecule has 706 valence electrons. The van der Waals surface area contributed by atoms with E-state index in [1.54, 1.807) is 0 Å². The minimum absolute atomic E-state index is 0.602. The van der Waals surface area contributed by atoms with Crippen molar-refractivity contribution in [3.8, 4) is 91.0 Å². The van der Waals surface area contributed by atoms with Crippen molar-refractivity contribution in [2.45, 2.75) is 466 Å². The van der Waals surface area contributed by atoms with Gasteiger partial charge < -0.3 is 37.9 Å². The normalized spacial score (nSPS) is 11.6. The second-order valence-corrected chi connectivity index (χ2v) is 36.9. The molecule has 0 saturated carbocycles. The number of hydrogen-bond donors (Lipinski definition) is 0. The van der Waals surface area contributed by atoms with Crippen molar-refractivity contribution < 1.29 is 37.9 Å². The van der Waals surface area contributed by atoms with Crippen LogP contribution in [-0.2, 0) is 0 Å². The van der Waals surface area contributed by atoms with E-state index in [9.17, 15) is 0 Å². The summed E-state index contributed by atoms with van der Waals surface area (Å²) in [5, 5.41) is 0. The van der Waals surface area contributed by atoms with Crippen molar-refractivity contribution in [3.05, 3.63) is 84.9 Å².